The first-order valence-electron chi connectivity index (χ1n) is 9.32. The highest BCUT2D eigenvalue weighted by atomic mass is 16.6. The topological polar surface area (TPSA) is 123 Å². The third kappa shape index (κ3) is 3.06. The third-order valence-electron chi connectivity index (χ3n) is 5.03. The first-order valence-corrected chi connectivity index (χ1v) is 9.32. The number of nitro groups is 1. The molecule has 0 unspecified atom stereocenters. The molecular formula is C20H18N4O6. The Morgan fingerprint density at radius 2 is 1.60 bits per heavy atom. The summed E-state index contributed by atoms with van der Waals surface area (Å²) >= 11 is 0. The summed E-state index contributed by atoms with van der Waals surface area (Å²) in [6.45, 7) is 3.40. The number of aromatic nitrogens is 1. The van der Waals surface area contributed by atoms with Crippen LogP contribution >= 0.6 is 0 Å². The number of imide groups is 1. The number of rotatable bonds is 5. The summed E-state index contributed by atoms with van der Waals surface area (Å²) in [5, 5.41) is 11.1. The van der Waals surface area contributed by atoms with Crippen LogP contribution in [0.25, 0.3) is 0 Å². The zero-order valence-corrected chi connectivity index (χ0v) is 16.3. The molecule has 3 amide bonds. The molecule has 2 aromatic rings. The summed E-state index contributed by atoms with van der Waals surface area (Å²) in [5.74, 6) is -1.26. The van der Waals surface area contributed by atoms with E-state index in [0.717, 1.165) is 4.90 Å². The number of carbonyl (C=O) groups is 3. The van der Waals surface area contributed by atoms with E-state index in [1.54, 1.807) is 38.1 Å². The summed E-state index contributed by atoms with van der Waals surface area (Å²) < 4.78 is 5.66. The predicted molar refractivity (Wildman–Crippen MR) is 104 cm³/mol. The van der Waals surface area contributed by atoms with Gasteiger partial charge in [-0.3, -0.25) is 24.2 Å². The number of ether oxygens (including phenoxy) is 1. The molecule has 0 aliphatic carbocycles. The fourth-order valence-electron chi connectivity index (χ4n) is 3.58. The van der Waals surface area contributed by atoms with Crippen molar-refractivity contribution < 1.29 is 24.0 Å². The number of nitrogens with zero attached hydrogens (tertiary/aromatic N) is 4. The summed E-state index contributed by atoms with van der Waals surface area (Å²) in [5.41, 5.74) is -0.470. The molecule has 2 aliphatic rings. The summed E-state index contributed by atoms with van der Waals surface area (Å²) in [6, 6.07) is 9.20. The maximum absolute atomic E-state index is 12.9. The average Bonchev–Trinajstić information content (AvgIpc) is 2.95. The number of anilines is 1. The second-order valence-electron chi connectivity index (χ2n) is 7.48. The van der Waals surface area contributed by atoms with Crippen LogP contribution in [0.1, 0.15) is 41.0 Å². The van der Waals surface area contributed by atoms with Crippen LogP contribution in [-0.2, 0) is 4.79 Å². The number of hydrogen-bond acceptors (Lipinski definition) is 7. The molecule has 3 heterocycles. The molecule has 1 aromatic carbocycles. The Labute approximate surface area is 171 Å². The molecule has 0 saturated heterocycles. The molecule has 0 atom stereocenters. The van der Waals surface area contributed by atoms with Crippen LogP contribution in [-0.4, -0.2) is 51.2 Å². The molecule has 10 nitrogen and oxygen atoms in total. The van der Waals surface area contributed by atoms with Gasteiger partial charge in [-0.1, -0.05) is 12.1 Å². The smallest absolute Gasteiger partial charge is 0.366 e. The van der Waals surface area contributed by atoms with Crippen LogP contribution in [0.3, 0.4) is 0 Å². The highest BCUT2D eigenvalue weighted by molar-refractivity contribution is 6.21. The monoisotopic (exact) mass is 410 g/mol. The standard InChI is InChI=1S/C20H18N4O6/c1-20(2)19(27)22(16-14(30-20)8-9-15(21-16)24(28)29)10-5-11-23-17(25)12-6-3-4-7-13(12)18(23)26/h3-4,6-9H,5,10-11H2,1-2H3. The van der Waals surface area contributed by atoms with Crippen LogP contribution in [0.4, 0.5) is 11.6 Å². The lowest BCUT2D eigenvalue weighted by atomic mass is 10.1. The number of benzene rings is 1. The number of amides is 3. The Morgan fingerprint density at radius 1 is 1.00 bits per heavy atom. The van der Waals surface area contributed by atoms with E-state index < -0.39 is 22.2 Å². The van der Waals surface area contributed by atoms with Gasteiger partial charge in [0.1, 0.15) is 0 Å². The van der Waals surface area contributed by atoms with Crippen molar-refractivity contribution in [1.82, 2.24) is 9.88 Å². The lowest BCUT2D eigenvalue weighted by Crippen LogP contribution is -2.53. The van der Waals surface area contributed by atoms with Crippen molar-refractivity contribution in [3.05, 3.63) is 57.6 Å². The van der Waals surface area contributed by atoms with E-state index in [4.69, 9.17) is 4.74 Å². The van der Waals surface area contributed by atoms with Crippen LogP contribution in [0.15, 0.2) is 36.4 Å². The zero-order valence-electron chi connectivity index (χ0n) is 16.3. The molecule has 0 fully saturated rings. The largest absolute Gasteiger partial charge is 0.472 e. The van der Waals surface area contributed by atoms with E-state index >= 15 is 0 Å². The Morgan fingerprint density at radius 3 is 2.20 bits per heavy atom. The van der Waals surface area contributed by atoms with Crippen LogP contribution in [0.5, 0.6) is 5.75 Å². The molecule has 154 valence electrons. The quantitative estimate of drug-likeness (QED) is 0.420. The maximum atomic E-state index is 12.9. The van der Waals surface area contributed by atoms with E-state index in [9.17, 15) is 24.5 Å². The summed E-state index contributed by atoms with van der Waals surface area (Å²) in [4.78, 5) is 54.7. The van der Waals surface area contributed by atoms with Crippen LogP contribution in [0.2, 0.25) is 0 Å². The second-order valence-corrected chi connectivity index (χ2v) is 7.48. The van der Waals surface area contributed by atoms with Crippen molar-refractivity contribution in [2.75, 3.05) is 18.0 Å². The van der Waals surface area contributed by atoms with Gasteiger partial charge in [-0.05, 0) is 48.4 Å². The molecule has 0 saturated carbocycles. The lowest BCUT2D eigenvalue weighted by Gasteiger charge is -2.36. The number of carbonyl (C=O) groups excluding carboxylic acids is 3. The van der Waals surface area contributed by atoms with Crippen LogP contribution in [0, 0.1) is 10.1 Å². The normalized spacial score (nSPS) is 16.9. The fraction of sp³-hybridized carbons (Fsp3) is 0.300. The van der Waals surface area contributed by atoms with Gasteiger partial charge in [0.15, 0.2) is 11.4 Å². The van der Waals surface area contributed by atoms with Crippen LogP contribution < -0.4 is 9.64 Å². The Bertz CT molecular complexity index is 1060. The van der Waals surface area contributed by atoms with Crippen molar-refractivity contribution >= 4 is 29.4 Å². The van der Waals surface area contributed by atoms with Gasteiger partial charge in [0.2, 0.25) is 0 Å². The minimum atomic E-state index is -1.18. The number of pyridine rings is 1. The van der Waals surface area contributed by atoms with E-state index in [0.29, 0.717) is 11.1 Å². The predicted octanol–water partition coefficient (Wildman–Crippen LogP) is 2.18. The molecule has 0 radical (unpaired) electrons. The molecule has 2 aliphatic heterocycles. The second kappa shape index (κ2) is 6.90. The van der Waals surface area contributed by atoms with Gasteiger partial charge in [0, 0.05) is 19.2 Å². The Kier molecular flexibility index (Phi) is 4.49. The third-order valence-corrected chi connectivity index (χ3v) is 5.03. The summed E-state index contributed by atoms with van der Waals surface area (Å²) in [6.07, 6.45) is 0.275. The van der Waals surface area contributed by atoms with Gasteiger partial charge >= 0.3 is 5.82 Å². The minimum absolute atomic E-state index is 0.0517. The molecule has 0 N–H and O–H groups in total. The lowest BCUT2D eigenvalue weighted by molar-refractivity contribution is -0.389. The zero-order chi connectivity index (χ0) is 21.6. The Hall–Kier alpha value is -3.82. The van der Waals surface area contributed by atoms with Gasteiger partial charge in [0.25, 0.3) is 23.5 Å². The number of fused-ring (bicyclic) bond motifs is 2. The molecule has 4 rings (SSSR count). The van der Waals surface area contributed by atoms with Gasteiger partial charge in [0.05, 0.1) is 11.1 Å². The van der Waals surface area contributed by atoms with Crippen molar-refractivity contribution in [3.8, 4) is 5.75 Å². The van der Waals surface area contributed by atoms with Gasteiger partial charge < -0.3 is 14.9 Å². The molecule has 0 bridgehead atoms. The molecular weight excluding hydrogens is 392 g/mol. The van der Waals surface area contributed by atoms with Crippen molar-refractivity contribution in [3.63, 3.8) is 0 Å². The Balaban J connectivity index is 1.54. The highest BCUT2D eigenvalue weighted by Gasteiger charge is 2.44. The first kappa shape index (κ1) is 19.5. The fourth-order valence-corrected chi connectivity index (χ4v) is 3.58. The van der Waals surface area contributed by atoms with Crippen molar-refractivity contribution in [1.29, 1.82) is 0 Å². The summed E-state index contributed by atoms with van der Waals surface area (Å²) in [7, 11) is 0. The minimum Gasteiger partial charge on any atom is -0.472 e. The van der Waals surface area contributed by atoms with Gasteiger partial charge in [-0.2, -0.15) is 0 Å². The molecule has 0 spiro atoms. The van der Waals surface area contributed by atoms with E-state index in [-0.39, 0.29) is 42.9 Å². The first-order chi connectivity index (χ1) is 14.2. The van der Waals surface area contributed by atoms with Gasteiger partial charge in [-0.25, -0.2) is 0 Å². The van der Waals surface area contributed by atoms with E-state index in [1.165, 1.54) is 17.0 Å². The van der Waals surface area contributed by atoms with Crippen molar-refractivity contribution in [2.24, 2.45) is 0 Å². The SMILES string of the molecule is CC1(C)Oc2ccc([N+](=O)[O-])nc2N(CCCN2C(=O)c3ccccc3C2=O)C1=O. The van der Waals surface area contributed by atoms with Crippen molar-refractivity contribution in [2.45, 2.75) is 25.9 Å². The maximum Gasteiger partial charge on any atom is 0.366 e. The highest BCUT2D eigenvalue weighted by Crippen LogP contribution is 2.37. The van der Waals surface area contributed by atoms with Gasteiger partial charge in [-0.15, -0.1) is 0 Å². The molecule has 10 heteroatoms. The number of hydrogen-bond donors (Lipinski definition) is 0. The molecule has 1 aromatic heterocycles. The van der Waals surface area contributed by atoms with E-state index in [1.807, 2.05) is 0 Å². The van der Waals surface area contributed by atoms with E-state index in [2.05, 4.69) is 4.98 Å². The average molecular weight is 410 g/mol. The molecule has 30 heavy (non-hydrogen) atoms.